The number of fused-ring (bicyclic) bond motifs is 1. The zero-order valence-electron chi connectivity index (χ0n) is 21.2. The average Bonchev–Trinajstić information content (AvgIpc) is 3.35. The van der Waals surface area contributed by atoms with Crippen molar-refractivity contribution in [1.82, 2.24) is 14.3 Å². The summed E-state index contributed by atoms with van der Waals surface area (Å²) in [6.07, 6.45) is 4.71. The number of pyridine rings is 1. The smallest absolute Gasteiger partial charge is 0.243 e. The molecule has 1 aliphatic rings. The monoisotopic (exact) mass is 534 g/mol. The number of anilines is 1. The van der Waals surface area contributed by atoms with Crippen LogP contribution < -0.4 is 4.90 Å². The maximum atomic E-state index is 14.0. The van der Waals surface area contributed by atoms with Gasteiger partial charge in [-0.05, 0) is 74.6 Å². The minimum Gasteiger partial charge on any atom is -0.283 e. The second-order valence-corrected chi connectivity index (χ2v) is 12.6. The summed E-state index contributed by atoms with van der Waals surface area (Å²) in [6.45, 7) is 6.91. The molecule has 192 valence electrons. The molecule has 1 atom stereocenters. The maximum Gasteiger partial charge on any atom is 0.243 e. The molecule has 5 rings (SSSR count). The van der Waals surface area contributed by atoms with E-state index in [1.807, 2.05) is 32.0 Å². The van der Waals surface area contributed by atoms with E-state index in [2.05, 4.69) is 18.0 Å². The molecule has 1 unspecified atom stereocenters. The largest absolute Gasteiger partial charge is 0.283 e. The fourth-order valence-corrected chi connectivity index (χ4v) is 7.24. The predicted molar refractivity (Wildman–Crippen MR) is 147 cm³/mol. The number of hydrogen-bond donors (Lipinski definition) is 0. The fraction of sp³-hybridized carbons (Fsp3) is 0.321. The molecule has 0 spiro atoms. The van der Waals surface area contributed by atoms with Crippen molar-refractivity contribution in [3.8, 4) is 0 Å². The molecule has 1 amide bonds. The summed E-state index contributed by atoms with van der Waals surface area (Å²) in [4.78, 5) is 25.1. The summed E-state index contributed by atoms with van der Waals surface area (Å²) in [6, 6.07) is 14.8. The zero-order valence-corrected chi connectivity index (χ0v) is 22.8. The molecule has 1 saturated heterocycles. The van der Waals surface area contributed by atoms with Gasteiger partial charge in [0, 0.05) is 25.5 Å². The van der Waals surface area contributed by atoms with E-state index in [1.54, 1.807) is 41.6 Å². The SMILES string of the molecule is Cc1ccc(S(=O)(=O)N2CCCC(C(=O)N(Cc3cccnc3)c3nc4c(C)c(C)ccc4s3)C2)cc1. The Bertz CT molecular complexity index is 1530. The Labute approximate surface area is 221 Å². The van der Waals surface area contributed by atoms with E-state index in [1.165, 1.54) is 15.6 Å². The van der Waals surface area contributed by atoms with Crippen molar-refractivity contribution in [2.24, 2.45) is 5.92 Å². The summed E-state index contributed by atoms with van der Waals surface area (Å²) in [7, 11) is -3.69. The summed E-state index contributed by atoms with van der Waals surface area (Å²) >= 11 is 1.49. The minimum absolute atomic E-state index is 0.110. The van der Waals surface area contributed by atoms with Crippen LogP contribution in [0.1, 0.15) is 35.1 Å². The van der Waals surface area contributed by atoms with Gasteiger partial charge in [-0.15, -0.1) is 0 Å². The standard InChI is InChI=1S/C28H30N4O3S2/c1-19-8-11-24(12-9-19)37(34,35)31-15-5-7-23(18-31)27(33)32(17-22-6-4-14-29-16-22)28-30-26-21(3)20(2)10-13-25(26)36-28/h4,6,8-14,16,23H,5,7,15,17-18H2,1-3H3. The van der Waals surface area contributed by atoms with E-state index in [0.717, 1.165) is 32.5 Å². The Hall–Kier alpha value is -3.14. The first kappa shape index (κ1) is 25.5. The summed E-state index contributed by atoms with van der Waals surface area (Å²) in [5.41, 5.74) is 5.04. The number of nitrogens with zero attached hydrogens (tertiary/aromatic N) is 4. The number of piperidine rings is 1. The van der Waals surface area contributed by atoms with Crippen LogP contribution in [0.15, 0.2) is 65.8 Å². The number of rotatable bonds is 6. The van der Waals surface area contributed by atoms with Gasteiger partial charge in [-0.1, -0.05) is 41.2 Å². The van der Waals surface area contributed by atoms with Crippen LogP contribution in [0.25, 0.3) is 10.2 Å². The third-order valence-corrected chi connectivity index (χ3v) is 9.95. The molecule has 3 heterocycles. The maximum absolute atomic E-state index is 14.0. The summed E-state index contributed by atoms with van der Waals surface area (Å²) < 4.78 is 29.2. The van der Waals surface area contributed by atoms with Crippen molar-refractivity contribution in [2.75, 3.05) is 18.0 Å². The molecule has 2 aromatic heterocycles. The van der Waals surface area contributed by atoms with Crippen LogP contribution in [0.5, 0.6) is 0 Å². The van der Waals surface area contributed by atoms with Crippen molar-refractivity contribution in [1.29, 1.82) is 0 Å². The molecule has 0 N–H and O–H groups in total. The van der Waals surface area contributed by atoms with Gasteiger partial charge >= 0.3 is 0 Å². The molecule has 1 fully saturated rings. The number of sulfonamides is 1. The molecule has 0 bridgehead atoms. The van der Waals surface area contributed by atoms with Gasteiger partial charge in [-0.25, -0.2) is 13.4 Å². The molecule has 1 aliphatic heterocycles. The molecule has 0 saturated carbocycles. The van der Waals surface area contributed by atoms with Crippen LogP contribution in [0.4, 0.5) is 5.13 Å². The third kappa shape index (κ3) is 5.16. The topological polar surface area (TPSA) is 83.5 Å². The van der Waals surface area contributed by atoms with Gasteiger partial charge in [0.1, 0.15) is 0 Å². The van der Waals surface area contributed by atoms with Crippen molar-refractivity contribution in [3.05, 3.63) is 83.2 Å². The normalized spacial score (nSPS) is 16.7. The highest BCUT2D eigenvalue weighted by Crippen LogP contribution is 2.34. The molecule has 0 radical (unpaired) electrons. The number of carbonyl (C=O) groups is 1. The number of aryl methyl sites for hydroxylation is 3. The first-order chi connectivity index (χ1) is 17.7. The van der Waals surface area contributed by atoms with Crippen LogP contribution >= 0.6 is 11.3 Å². The van der Waals surface area contributed by atoms with Crippen LogP contribution in [-0.4, -0.2) is 41.7 Å². The van der Waals surface area contributed by atoms with Crippen LogP contribution in [0.2, 0.25) is 0 Å². The van der Waals surface area contributed by atoms with Crippen molar-refractivity contribution < 1.29 is 13.2 Å². The first-order valence-corrected chi connectivity index (χ1v) is 14.6. The summed E-state index contributed by atoms with van der Waals surface area (Å²) in [5, 5.41) is 0.621. The lowest BCUT2D eigenvalue weighted by atomic mass is 9.98. The van der Waals surface area contributed by atoms with Gasteiger partial charge in [-0.2, -0.15) is 4.31 Å². The van der Waals surface area contributed by atoms with Crippen molar-refractivity contribution >= 4 is 42.6 Å². The Morgan fingerprint density at radius 3 is 2.62 bits per heavy atom. The fourth-order valence-electron chi connectivity index (χ4n) is 4.69. The second-order valence-electron chi connectivity index (χ2n) is 9.65. The van der Waals surface area contributed by atoms with Gasteiger partial charge < -0.3 is 0 Å². The molecule has 37 heavy (non-hydrogen) atoms. The Balaban J connectivity index is 1.46. The van der Waals surface area contributed by atoms with E-state index in [-0.39, 0.29) is 17.3 Å². The second kappa shape index (κ2) is 10.3. The quantitative estimate of drug-likeness (QED) is 0.337. The highest BCUT2D eigenvalue weighted by molar-refractivity contribution is 7.89. The van der Waals surface area contributed by atoms with E-state index in [0.29, 0.717) is 31.1 Å². The Morgan fingerprint density at radius 1 is 1.11 bits per heavy atom. The van der Waals surface area contributed by atoms with E-state index >= 15 is 0 Å². The van der Waals surface area contributed by atoms with Crippen LogP contribution in [-0.2, 0) is 21.4 Å². The van der Waals surface area contributed by atoms with Crippen molar-refractivity contribution in [2.45, 2.75) is 45.1 Å². The number of amides is 1. The summed E-state index contributed by atoms with van der Waals surface area (Å²) in [5.74, 6) is -0.568. The van der Waals surface area contributed by atoms with Crippen LogP contribution in [0.3, 0.4) is 0 Å². The Kier molecular flexibility index (Phi) is 7.11. The highest BCUT2D eigenvalue weighted by atomic mass is 32.2. The number of aromatic nitrogens is 2. The van der Waals surface area contributed by atoms with Gasteiger partial charge in [0.05, 0.1) is 27.6 Å². The lowest BCUT2D eigenvalue weighted by Gasteiger charge is -2.33. The number of benzene rings is 2. The van der Waals surface area contributed by atoms with Crippen molar-refractivity contribution in [3.63, 3.8) is 0 Å². The molecular formula is C28H30N4O3S2. The number of hydrogen-bond acceptors (Lipinski definition) is 6. The predicted octanol–water partition coefficient (Wildman–Crippen LogP) is 5.25. The highest BCUT2D eigenvalue weighted by Gasteiger charge is 2.36. The molecule has 9 heteroatoms. The van der Waals surface area contributed by atoms with E-state index in [4.69, 9.17) is 4.98 Å². The van der Waals surface area contributed by atoms with Gasteiger partial charge in [0.15, 0.2) is 5.13 Å². The van der Waals surface area contributed by atoms with Gasteiger partial charge in [-0.3, -0.25) is 14.7 Å². The Morgan fingerprint density at radius 2 is 1.89 bits per heavy atom. The lowest BCUT2D eigenvalue weighted by molar-refractivity contribution is -0.123. The van der Waals surface area contributed by atoms with E-state index < -0.39 is 15.9 Å². The minimum atomic E-state index is -3.69. The zero-order chi connectivity index (χ0) is 26.2. The molecular weight excluding hydrogens is 504 g/mol. The van der Waals surface area contributed by atoms with Gasteiger partial charge in [0.25, 0.3) is 0 Å². The molecule has 4 aromatic rings. The van der Waals surface area contributed by atoms with Gasteiger partial charge in [0.2, 0.25) is 15.9 Å². The average molecular weight is 535 g/mol. The molecule has 2 aromatic carbocycles. The molecule has 7 nitrogen and oxygen atoms in total. The lowest BCUT2D eigenvalue weighted by Crippen LogP contribution is -2.46. The van der Waals surface area contributed by atoms with Crippen LogP contribution in [0, 0.1) is 26.7 Å². The number of thiazole rings is 1. The first-order valence-electron chi connectivity index (χ1n) is 12.4. The number of carbonyl (C=O) groups excluding carboxylic acids is 1. The molecule has 0 aliphatic carbocycles. The third-order valence-electron chi connectivity index (χ3n) is 7.03. The van der Waals surface area contributed by atoms with E-state index in [9.17, 15) is 13.2 Å².